The number of nitrogens with zero attached hydrogens (tertiary/aromatic N) is 4. The number of ether oxygens (including phenoxy) is 7. The minimum Gasteiger partial charge on any atom is -0.467 e. The van der Waals surface area contributed by atoms with E-state index in [-0.39, 0.29) is 6.42 Å². The molecule has 2 fully saturated rings. The predicted molar refractivity (Wildman–Crippen MR) is 131 cm³/mol. The Morgan fingerprint density at radius 1 is 1.10 bits per heavy atom. The van der Waals surface area contributed by atoms with E-state index < -0.39 is 103 Å². The van der Waals surface area contributed by atoms with Gasteiger partial charge in [-0.3, -0.25) is 28.7 Å². The minimum absolute atomic E-state index is 0.168. The van der Waals surface area contributed by atoms with Gasteiger partial charge in [0.25, 0.3) is 5.56 Å². The van der Waals surface area contributed by atoms with Crippen molar-refractivity contribution < 1.29 is 56.4 Å². The number of methoxy groups -OCH3 is 1. The first-order chi connectivity index (χ1) is 20.6. The molecule has 0 amide bonds. The first-order valence-electron chi connectivity index (χ1n) is 13.5. The lowest BCUT2D eigenvalue weighted by molar-refractivity contribution is -0.305. The quantitative estimate of drug-likeness (QED) is 0.127. The Morgan fingerprint density at radius 2 is 1.73 bits per heavy atom. The summed E-state index contributed by atoms with van der Waals surface area (Å²) in [6, 6.07) is -1.02. The van der Waals surface area contributed by atoms with E-state index in [9.17, 15) is 28.8 Å². The molecule has 8 unspecified atom stereocenters. The van der Waals surface area contributed by atoms with Crippen LogP contribution < -0.4 is 11.2 Å². The topological polar surface area (TPSA) is 237 Å². The number of esters is 4. The average Bonchev–Trinajstić information content (AvgIpc) is 3.30. The van der Waals surface area contributed by atoms with E-state index in [2.05, 4.69) is 10.0 Å². The van der Waals surface area contributed by atoms with E-state index in [0.717, 1.165) is 38.6 Å². The molecule has 41 heavy (non-hydrogen) atoms. The van der Waals surface area contributed by atoms with E-state index in [4.69, 9.17) is 42.8 Å². The van der Waals surface area contributed by atoms with Crippen molar-refractivity contribution in [1.29, 1.82) is 0 Å². The van der Waals surface area contributed by atoms with Gasteiger partial charge in [-0.2, -0.15) is 0 Å². The molecule has 8 atom stereocenters. The van der Waals surface area contributed by atoms with Crippen LogP contribution in [0.15, 0.2) is 20.9 Å². The maximum atomic E-state index is 12.6. The number of nitrogens with one attached hydrogen (secondary N) is 1. The number of hydrogen-bond acceptors (Lipinski definition) is 14. The van der Waals surface area contributed by atoms with Gasteiger partial charge >= 0.3 is 29.6 Å². The highest BCUT2D eigenvalue weighted by atomic mass is 16.7. The summed E-state index contributed by atoms with van der Waals surface area (Å²) in [6.07, 6.45) is -10.0. The lowest BCUT2D eigenvalue weighted by Crippen LogP contribution is -2.64. The highest BCUT2D eigenvalue weighted by Crippen LogP contribution is 2.33. The molecule has 2 aliphatic heterocycles. The maximum Gasteiger partial charge on any atom is 0.339 e. The van der Waals surface area contributed by atoms with Crippen LogP contribution in [0.25, 0.3) is 10.4 Å². The highest BCUT2D eigenvalue weighted by molar-refractivity contribution is 5.77. The second-order valence-corrected chi connectivity index (χ2v) is 8.85. The van der Waals surface area contributed by atoms with Gasteiger partial charge < -0.3 is 33.2 Å². The number of aryl methyl sites for hydroxylation is 1. The van der Waals surface area contributed by atoms with Gasteiger partial charge in [-0.15, -0.1) is 0 Å². The Morgan fingerprint density at radius 3 is 2.32 bits per heavy atom. The molecular weight excluding hydrogens is 554 g/mol. The van der Waals surface area contributed by atoms with Crippen molar-refractivity contribution in [2.24, 2.45) is 5.11 Å². The molecular formula is C23H29N5O13. The van der Waals surface area contributed by atoms with Crippen molar-refractivity contribution in [2.75, 3.05) is 13.7 Å². The number of aromatic amines is 1. The second kappa shape index (κ2) is 13.4. The van der Waals surface area contributed by atoms with Crippen molar-refractivity contribution in [3.8, 4) is 0 Å². The Labute approximate surface area is 235 Å². The number of carbonyl (C=O) groups excluding carboxylic acids is 4. The summed E-state index contributed by atoms with van der Waals surface area (Å²) in [7, 11) is 1.01. The molecule has 2 aliphatic rings. The molecule has 0 bridgehead atoms. The number of hydrogen-bond donors (Lipinski definition) is 1. The maximum absolute atomic E-state index is 12.6. The lowest BCUT2D eigenvalue weighted by Gasteiger charge is -2.43. The number of carbonyl (C=O) groups is 4. The zero-order chi connectivity index (χ0) is 32.9. The van der Waals surface area contributed by atoms with Crippen molar-refractivity contribution in [2.45, 2.75) is 83.1 Å². The Hall–Kier alpha value is -4.25. The van der Waals surface area contributed by atoms with Gasteiger partial charge in [0.1, 0.15) is 6.23 Å². The summed E-state index contributed by atoms with van der Waals surface area (Å²) >= 11 is 0. The summed E-state index contributed by atoms with van der Waals surface area (Å²) < 4.78 is 61.2. The Kier molecular flexibility index (Phi) is 8.81. The molecule has 0 radical (unpaired) electrons. The fourth-order valence-electron chi connectivity index (χ4n) is 4.33. The SMILES string of the molecule is [2H]C([2H])([2H])c1cn(C2CC(N=[N+]=[N-])C(COC3OC(C(=O)OC)C(OC(C)=O)C(OC(C)=O)C3OC(C)=O)O2)c(=O)[nH]c1=O. The van der Waals surface area contributed by atoms with Crippen LogP contribution in [0.4, 0.5) is 0 Å². The van der Waals surface area contributed by atoms with Crippen LogP contribution in [0.3, 0.4) is 0 Å². The highest BCUT2D eigenvalue weighted by Gasteiger charge is 2.55. The Balaban J connectivity index is 1.94. The second-order valence-electron chi connectivity index (χ2n) is 8.85. The van der Waals surface area contributed by atoms with Crippen LogP contribution in [0.2, 0.25) is 0 Å². The molecule has 0 aliphatic carbocycles. The Bertz CT molecular complexity index is 1440. The van der Waals surface area contributed by atoms with Gasteiger partial charge in [-0.05, 0) is 12.4 Å². The van der Waals surface area contributed by atoms with E-state index >= 15 is 0 Å². The normalized spacial score (nSPS) is 30.5. The van der Waals surface area contributed by atoms with E-state index in [0.29, 0.717) is 0 Å². The summed E-state index contributed by atoms with van der Waals surface area (Å²) in [5.41, 5.74) is 6.29. The molecule has 3 rings (SSSR count). The molecule has 224 valence electrons. The molecule has 18 nitrogen and oxygen atoms in total. The van der Waals surface area contributed by atoms with Crippen LogP contribution in [0, 0.1) is 6.85 Å². The van der Waals surface area contributed by atoms with Gasteiger partial charge in [-0.1, -0.05) is 5.11 Å². The minimum atomic E-state index is -2.86. The zero-order valence-electron chi connectivity index (χ0n) is 25.2. The largest absolute Gasteiger partial charge is 0.467 e. The number of azide groups is 1. The molecule has 3 heterocycles. The van der Waals surface area contributed by atoms with E-state index in [1.165, 1.54) is 0 Å². The fourth-order valence-corrected chi connectivity index (χ4v) is 4.33. The molecule has 0 saturated carbocycles. The standard InChI is InChI=1S/C23H29N5O13/c1-9-7-28(23(34)25-20(9)32)15-6-13(26-27-24)14(40-15)8-36-22-19(39-12(4)31)17(38-11(3)30)16(37-10(2)29)18(41-22)21(33)35-5/h7,13-19,22H,6,8H2,1-5H3,(H,25,32,34)/i1D3. The van der Waals surface area contributed by atoms with Crippen molar-refractivity contribution in [1.82, 2.24) is 9.55 Å². The first kappa shape index (κ1) is 26.9. The smallest absolute Gasteiger partial charge is 0.339 e. The van der Waals surface area contributed by atoms with Gasteiger partial charge in [0.2, 0.25) is 0 Å². The summed E-state index contributed by atoms with van der Waals surface area (Å²) in [5, 5.41) is 3.64. The van der Waals surface area contributed by atoms with E-state index in [1.807, 2.05) is 4.98 Å². The van der Waals surface area contributed by atoms with Crippen molar-refractivity contribution >= 4 is 23.9 Å². The zero-order valence-corrected chi connectivity index (χ0v) is 22.2. The first-order valence-corrected chi connectivity index (χ1v) is 12.0. The van der Waals surface area contributed by atoms with Crippen LogP contribution in [0.1, 0.15) is 43.1 Å². The molecule has 2 saturated heterocycles. The summed E-state index contributed by atoms with van der Waals surface area (Å²) in [5.74, 6) is -3.75. The van der Waals surface area contributed by atoms with Crippen LogP contribution in [-0.2, 0) is 52.3 Å². The van der Waals surface area contributed by atoms with Crippen molar-refractivity contribution in [3.05, 3.63) is 43.0 Å². The third-order valence-electron chi connectivity index (χ3n) is 5.94. The molecule has 18 heteroatoms. The molecule has 1 aromatic rings. The molecule has 0 spiro atoms. The van der Waals surface area contributed by atoms with E-state index in [1.54, 1.807) is 0 Å². The third kappa shape index (κ3) is 7.49. The van der Waals surface area contributed by atoms with Crippen LogP contribution >= 0.6 is 0 Å². The number of aromatic nitrogens is 2. The molecule has 0 aromatic carbocycles. The summed E-state index contributed by atoms with van der Waals surface area (Å²) in [6.45, 7) is -0.335. The van der Waals surface area contributed by atoms with Gasteiger partial charge in [0.15, 0.2) is 30.7 Å². The van der Waals surface area contributed by atoms with Crippen LogP contribution in [-0.4, -0.2) is 90.0 Å². The fraction of sp³-hybridized carbons (Fsp3) is 0.652. The van der Waals surface area contributed by atoms with Crippen LogP contribution in [0.5, 0.6) is 0 Å². The van der Waals surface area contributed by atoms with Crippen molar-refractivity contribution in [3.63, 3.8) is 0 Å². The summed E-state index contributed by atoms with van der Waals surface area (Å²) in [4.78, 5) is 77.6. The monoisotopic (exact) mass is 586 g/mol. The number of H-pyrrole nitrogens is 1. The average molecular weight is 587 g/mol. The van der Waals surface area contributed by atoms with Gasteiger partial charge in [0.05, 0.1) is 25.9 Å². The lowest BCUT2D eigenvalue weighted by atomic mass is 9.97. The predicted octanol–water partition coefficient (Wildman–Crippen LogP) is -0.479. The van der Waals surface area contributed by atoms with Gasteiger partial charge in [-0.25, -0.2) is 9.59 Å². The molecule has 1 N–H and O–H groups in total. The third-order valence-corrected chi connectivity index (χ3v) is 5.94. The number of rotatable bonds is 9. The van der Waals surface area contributed by atoms with Gasteiger partial charge in [0, 0.05) is 48.0 Å². The molecule has 1 aromatic heterocycles.